The molecule has 2 N–H and O–H groups in total. The van der Waals surface area contributed by atoms with Gasteiger partial charge in [0.25, 0.3) is 0 Å². The van der Waals surface area contributed by atoms with E-state index in [1.54, 1.807) is 24.3 Å². The van der Waals surface area contributed by atoms with E-state index in [-0.39, 0.29) is 10.8 Å². The normalized spacial score (nSPS) is 11.6. The van der Waals surface area contributed by atoms with Crippen molar-refractivity contribution >= 4 is 30.0 Å². The van der Waals surface area contributed by atoms with Gasteiger partial charge in [-0.05, 0) is 58.7 Å². The van der Waals surface area contributed by atoms with Crippen LogP contribution >= 0.6 is 11.9 Å². The number of amides is 4. The molecule has 0 saturated heterocycles. The monoisotopic (exact) mass is 366 g/mol. The SMILES string of the molecule is CCN(CC)C(=O)N=C(NC(=O)NSC(C)(C)C)Oc1ccccc1. The number of hydrogen-bond acceptors (Lipinski definition) is 4. The average Bonchev–Trinajstić information content (AvgIpc) is 2.54. The van der Waals surface area contributed by atoms with Gasteiger partial charge < -0.3 is 9.64 Å². The van der Waals surface area contributed by atoms with Gasteiger partial charge >= 0.3 is 18.1 Å². The highest BCUT2D eigenvalue weighted by atomic mass is 32.2. The summed E-state index contributed by atoms with van der Waals surface area (Å²) in [6.07, 6.45) is 0. The van der Waals surface area contributed by atoms with Gasteiger partial charge in [-0.3, -0.25) is 10.0 Å². The summed E-state index contributed by atoms with van der Waals surface area (Å²) in [5.74, 6) is 0.470. The minimum Gasteiger partial charge on any atom is -0.425 e. The largest absolute Gasteiger partial charge is 0.425 e. The summed E-state index contributed by atoms with van der Waals surface area (Å²) in [5.41, 5.74) is 0. The molecule has 0 spiro atoms. The Hall–Kier alpha value is -2.22. The Kier molecular flexibility index (Phi) is 8.27. The van der Waals surface area contributed by atoms with Gasteiger partial charge in [0.2, 0.25) is 0 Å². The first kappa shape index (κ1) is 20.8. The van der Waals surface area contributed by atoms with Crippen molar-refractivity contribution < 1.29 is 14.3 Å². The highest BCUT2D eigenvalue weighted by molar-refractivity contribution is 7.99. The summed E-state index contributed by atoms with van der Waals surface area (Å²) in [4.78, 5) is 29.7. The lowest BCUT2D eigenvalue weighted by molar-refractivity contribution is 0.213. The number of hydrogen-bond donors (Lipinski definition) is 2. The molecule has 0 saturated carbocycles. The second-order valence-electron chi connectivity index (χ2n) is 6.06. The first-order valence-corrected chi connectivity index (χ1v) is 8.92. The molecule has 0 unspecified atom stereocenters. The summed E-state index contributed by atoms with van der Waals surface area (Å²) in [5, 5.41) is 2.48. The second kappa shape index (κ2) is 9.93. The lowest BCUT2D eigenvalue weighted by Crippen LogP contribution is -2.42. The molecule has 8 heteroatoms. The lowest BCUT2D eigenvalue weighted by atomic mass is 10.3. The number of nitrogens with one attached hydrogen (secondary N) is 2. The van der Waals surface area contributed by atoms with E-state index in [1.165, 1.54) is 16.8 Å². The molecular weight excluding hydrogens is 340 g/mol. The summed E-state index contributed by atoms with van der Waals surface area (Å²) >= 11 is 1.26. The predicted molar refractivity (Wildman–Crippen MR) is 102 cm³/mol. The summed E-state index contributed by atoms with van der Waals surface area (Å²) < 4.78 is 8.05. The van der Waals surface area contributed by atoms with Crippen molar-refractivity contribution in [3.63, 3.8) is 0 Å². The summed E-state index contributed by atoms with van der Waals surface area (Å²) in [7, 11) is 0. The molecule has 138 valence electrons. The third kappa shape index (κ3) is 8.44. The molecule has 0 aliphatic rings. The number of carbonyl (C=O) groups is 2. The number of para-hydroxylation sites is 1. The maximum absolute atomic E-state index is 12.2. The van der Waals surface area contributed by atoms with Crippen molar-refractivity contribution in [2.45, 2.75) is 39.4 Å². The van der Waals surface area contributed by atoms with E-state index in [0.717, 1.165) is 0 Å². The first-order chi connectivity index (χ1) is 11.7. The molecule has 1 aromatic carbocycles. The van der Waals surface area contributed by atoms with E-state index in [0.29, 0.717) is 18.8 Å². The van der Waals surface area contributed by atoms with Crippen LogP contribution in [0.2, 0.25) is 0 Å². The van der Waals surface area contributed by atoms with E-state index >= 15 is 0 Å². The van der Waals surface area contributed by atoms with Crippen molar-refractivity contribution in [2.75, 3.05) is 13.1 Å². The molecule has 0 aliphatic heterocycles. The highest BCUT2D eigenvalue weighted by Crippen LogP contribution is 2.19. The van der Waals surface area contributed by atoms with Crippen LogP contribution < -0.4 is 14.8 Å². The molecule has 0 fully saturated rings. The molecule has 0 heterocycles. The zero-order valence-electron chi connectivity index (χ0n) is 15.3. The van der Waals surface area contributed by atoms with Crippen LogP contribution in [0.5, 0.6) is 5.75 Å². The maximum Gasteiger partial charge on any atom is 0.348 e. The Labute approximate surface area is 153 Å². The Morgan fingerprint density at radius 1 is 1.16 bits per heavy atom. The summed E-state index contributed by atoms with van der Waals surface area (Å²) in [6.45, 7) is 10.7. The minimum absolute atomic E-state index is 0.147. The van der Waals surface area contributed by atoms with Gasteiger partial charge in [-0.15, -0.1) is 4.99 Å². The van der Waals surface area contributed by atoms with Crippen molar-refractivity contribution in [3.8, 4) is 5.75 Å². The molecule has 0 aliphatic carbocycles. The molecule has 1 aromatic rings. The molecule has 0 radical (unpaired) electrons. The van der Waals surface area contributed by atoms with E-state index in [1.807, 2.05) is 40.7 Å². The molecule has 4 amide bonds. The van der Waals surface area contributed by atoms with Crippen LogP contribution in [0.25, 0.3) is 0 Å². The molecule has 0 aromatic heterocycles. The zero-order chi connectivity index (χ0) is 18.9. The third-order valence-corrected chi connectivity index (χ3v) is 3.76. The number of amidine groups is 1. The molecule has 7 nitrogen and oxygen atoms in total. The molecule has 1 rings (SSSR count). The van der Waals surface area contributed by atoms with E-state index < -0.39 is 12.1 Å². The van der Waals surface area contributed by atoms with Crippen molar-refractivity contribution in [1.82, 2.24) is 14.9 Å². The molecule has 0 atom stereocenters. The fourth-order valence-electron chi connectivity index (χ4n) is 1.65. The molecular formula is C17H26N4O3S. The number of benzene rings is 1. The predicted octanol–water partition coefficient (Wildman–Crippen LogP) is 3.63. The van der Waals surface area contributed by atoms with Gasteiger partial charge in [-0.25, -0.2) is 9.59 Å². The van der Waals surface area contributed by atoms with Gasteiger partial charge in [-0.1, -0.05) is 18.2 Å². The van der Waals surface area contributed by atoms with Gasteiger partial charge in [0.15, 0.2) is 0 Å². The number of ether oxygens (including phenoxy) is 1. The number of nitrogens with zero attached hydrogens (tertiary/aromatic N) is 2. The van der Waals surface area contributed by atoms with Crippen LogP contribution in [0.3, 0.4) is 0 Å². The first-order valence-electron chi connectivity index (χ1n) is 8.10. The Balaban J connectivity index is 2.87. The number of carbonyl (C=O) groups excluding carboxylic acids is 2. The maximum atomic E-state index is 12.2. The van der Waals surface area contributed by atoms with Crippen molar-refractivity contribution in [2.24, 2.45) is 4.99 Å². The highest BCUT2D eigenvalue weighted by Gasteiger charge is 2.17. The van der Waals surface area contributed by atoms with Crippen LogP contribution in [0.15, 0.2) is 35.3 Å². The standard InChI is InChI=1S/C17H26N4O3S/c1-6-21(7-2)16(23)19-15(24-13-11-9-8-10-12-13)18-14(22)20-25-17(3,4)5/h8-12H,6-7H2,1-5H3,(H2,18,19,20,22,23). The number of rotatable bonds is 4. The van der Waals surface area contributed by atoms with Crippen LogP contribution in [-0.4, -0.2) is 40.8 Å². The van der Waals surface area contributed by atoms with Crippen LogP contribution in [-0.2, 0) is 0 Å². The third-order valence-electron chi connectivity index (χ3n) is 2.86. The molecule has 0 bridgehead atoms. The van der Waals surface area contributed by atoms with Gasteiger partial charge in [0.05, 0.1) is 0 Å². The van der Waals surface area contributed by atoms with Crippen LogP contribution in [0.1, 0.15) is 34.6 Å². The van der Waals surface area contributed by atoms with Crippen molar-refractivity contribution in [3.05, 3.63) is 30.3 Å². The van der Waals surface area contributed by atoms with Gasteiger partial charge in [0.1, 0.15) is 5.75 Å². The number of aliphatic imine (C=N–C) groups is 1. The zero-order valence-corrected chi connectivity index (χ0v) is 16.1. The topological polar surface area (TPSA) is 83.0 Å². The Morgan fingerprint density at radius 3 is 2.28 bits per heavy atom. The Bertz CT molecular complexity index is 596. The fraction of sp³-hybridized carbons (Fsp3) is 0.471. The smallest absolute Gasteiger partial charge is 0.348 e. The van der Waals surface area contributed by atoms with E-state index in [9.17, 15) is 9.59 Å². The van der Waals surface area contributed by atoms with E-state index in [4.69, 9.17) is 4.74 Å². The number of urea groups is 2. The minimum atomic E-state index is -0.512. The summed E-state index contributed by atoms with van der Waals surface area (Å²) in [6, 6.07) is 7.67. The van der Waals surface area contributed by atoms with E-state index in [2.05, 4.69) is 15.0 Å². The molecule has 25 heavy (non-hydrogen) atoms. The van der Waals surface area contributed by atoms with Gasteiger partial charge in [0, 0.05) is 17.8 Å². The van der Waals surface area contributed by atoms with Crippen molar-refractivity contribution in [1.29, 1.82) is 0 Å². The lowest BCUT2D eigenvalue weighted by Gasteiger charge is -2.19. The fourth-order valence-corrected chi connectivity index (χ4v) is 2.10. The second-order valence-corrected chi connectivity index (χ2v) is 7.69. The quantitative estimate of drug-likeness (QED) is 0.484. The average molecular weight is 366 g/mol. The van der Waals surface area contributed by atoms with Crippen LogP contribution in [0.4, 0.5) is 9.59 Å². The van der Waals surface area contributed by atoms with Crippen LogP contribution in [0, 0.1) is 0 Å². The van der Waals surface area contributed by atoms with Gasteiger partial charge in [-0.2, -0.15) is 0 Å². The Morgan fingerprint density at radius 2 is 1.76 bits per heavy atom.